The molecule has 0 aromatic carbocycles. The minimum absolute atomic E-state index is 0. The quantitative estimate of drug-likeness (QED) is 0.578. The molecule has 0 aliphatic heterocycles. The van der Waals surface area contributed by atoms with Crippen LogP contribution in [0.2, 0.25) is 71.1 Å². The van der Waals surface area contributed by atoms with Crippen LogP contribution in [0.1, 0.15) is 0 Å². The topological polar surface area (TPSA) is 0 Å². The maximum absolute atomic E-state index is 2.59. The molecule has 0 atom stereocenters. The molecule has 0 aliphatic rings. The Morgan fingerprint density at radius 3 is 0.824 bits per heavy atom. The van der Waals surface area contributed by atoms with E-state index in [4.69, 9.17) is 0 Å². The Balaban J connectivity index is 0. The van der Waals surface area contributed by atoms with Crippen molar-refractivity contribution >= 4 is 62.8 Å². The summed E-state index contributed by atoms with van der Waals surface area (Å²) in [6.07, 6.45) is 0. The number of rotatable bonds is 6. The third-order valence-electron chi connectivity index (χ3n) is 2.34. The van der Waals surface area contributed by atoms with Crippen molar-refractivity contribution < 1.29 is 0 Å². The van der Waals surface area contributed by atoms with Gasteiger partial charge in [-0.05, 0) is 0 Å². The average molecular weight is 387 g/mol. The summed E-state index contributed by atoms with van der Waals surface area (Å²) in [5, 5.41) is 0. The van der Waals surface area contributed by atoms with Crippen molar-refractivity contribution in [3.63, 3.8) is 0 Å². The smallest absolute Gasteiger partial charge is 0 e. The molecule has 0 aromatic rings. The summed E-state index contributed by atoms with van der Waals surface area (Å²) < 4.78 is 5.26. The number of hydrogen-bond acceptors (Lipinski definition) is 0. The van der Waals surface area contributed by atoms with Crippen molar-refractivity contribution in [2.24, 2.45) is 0 Å². The van der Waals surface area contributed by atoms with Crippen LogP contribution in [0.25, 0.3) is 0 Å². The van der Waals surface area contributed by atoms with Gasteiger partial charge in [-0.15, -0.1) is 0 Å². The Kier molecular flexibility index (Phi) is 9.71. The van der Waals surface area contributed by atoms with E-state index in [9.17, 15) is 0 Å². The Morgan fingerprint density at radius 1 is 0.529 bits per heavy atom. The molecule has 0 aliphatic carbocycles. The summed E-state index contributed by atoms with van der Waals surface area (Å²) in [7, 11) is -2.36. The van der Waals surface area contributed by atoms with Crippen molar-refractivity contribution in [2.45, 2.75) is 71.1 Å². The molecular weight excluding hydrogens is 354 g/mol. The molecule has 0 rings (SSSR count). The van der Waals surface area contributed by atoms with E-state index >= 15 is 0 Å². The molecule has 0 aromatic heterocycles. The normalized spacial score (nSPS) is 13.8. The first kappa shape index (κ1) is 21.3. The second kappa shape index (κ2) is 7.73. The van der Waals surface area contributed by atoms with Gasteiger partial charge in [-0.25, -0.2) is 0 Å². The molecule has 0 bridgehead atoms. The van der Waals surface area contributed by atoms with Gasteiger partial charge in [-0.3, -0.25) is 0 Å². The monoisotopic (exact) mass is 388 g/mol. The van der Waals surface area contributed by atoms with Gasteiger partial charge in [0.1, 0.15) is 0 Å². The van der Waals surface area contributed by atoms with E-state index in [1.807, 2.05) is 0 Å². The second-order valence-electron chi connectivity index (χ2n) is 8.96. The first-order valence-corrected chi connectivity index (χ1v) is 23.8. The van der Waals surface area contributed by atoms with Crippen LogP contribution in [-0.4, -0.2) is 62.8 Å². The SMILES string of the molecule is C[Si](C)(C)[CH2][Sn]([CH2][Si](C)(C)C)[CH2][Si](C)(C)C.[Li]. The minimum atomic E-state index is -1.04. The zero-order chi connectivity index (χ0) is 13.2. The molecule has 0 saturated heterocycles. The Labute approximate surface area is 133 Å². The molecule has 17 heavy (non-hydrogen) atoms. The molecule has 0 spiro atoms. The molecule has 0 N–H and O–H groups in total. The molecule has 0 fully saturated rings. The summed E-state index contributed by atoms with van der Waals surface area (Å²) in [6, 6.07) is 0. The summed E-state index contributed by atoms with van der Waals surface area (Å²) in [6.45, 7) is 23.3. The maximum Gasteiger partial charge on any atom is 0 e. The predicted octanol–water partition coefficient (Wildman–Crippen LogP) is 4.73. The van der Waals surface area contributed by atoms with E-state index in [2.05, 4.69) is 58.9 Å². The minimum Gasteiger partial charge on any atom is 0 e. The third-order valence-corrected chi connectivity index (χ3v) is 47.1. The Morgan fingerprint density at radius 2 is 0.706 bits per heavy atom. The molecular formula is C12H33LiSi3Sn. The van der Waals surface area contributed by atoms with Crippen molar-refractivity contribution in [3.8, 4) is 0 Å². The van der Waals surface area contributed by atoms with Gasteiger partial charge >= 0.3 is 115 Å². The predicted molar refractivity (Wildman–Crippen MR) is 96.0 cm³/mol. The van der Waals surface area contributed by atoms with Crippen molar-refractivity contribution in [3.05, 3.63) is 0 Å². The van der Waals surface area contributed by atoms with Gasteiger partial charge in [0.2, 0.25) is 0 Å². The average Bonchev–Trinajstić information content (AvgIpc) is 1.70. The first-order valence-electron chi connectivity index (χ1n) is 6.62. The van der Waals surface area contributed by atoms with E-state index in [0.717, 1.165) is 0 Å². The van der Waals surface area contributed by atoms with Crippen LogP contribution in [0.5, 0.6) is 0 Å². The van der Waals surface area contributed by atoms with Gasteiger partial charge in [-0.2, -0.15) is 0 Å². The van der Waals surface area contributed by atoms with Gasteiger partial charge in [0, 0.05) is 18.9 Å². The fourth-order valence-electron chi connectivity index (χ4n) is 2.44. The summed E-state index contributed by atoms with van der Waals surface area (Å²) in [5.74, 6) is 0. The van der Waals surface area contributed by atoms with Crippen molar-refractivity contribution in [1.29, 1.82) is 0 Å². The van der Waals surface area contributed by atoms with Gasteiger partial charge in [0.15, 0.2) is 0 Å². The summed E-state index contributed by atoms with van der Waals surface area (Å²) in [5.41, 5.74) is 0. The number of hydrogen-bond donors (Lipinski definition) is 0. The molecule has 0 saturated carbocycles. The molecule has 2 radical (unpaired) electrons. The van der Waals surface area contributed by atoms with E-state index in [1.54, 1.807) is 12.2 Å². The molecule has 0 heterocycles. The molecule has 0 amide bonds. The van der Waals surface area contributed by atoms with Gasteiger partial charge in [0.05, 0.1) is 0 Å². The van der Waals surface area contributed by atoms with E-state index in [0.29, 0.717) is 0 Å². The van der Waals surface area contributed by atoms with Gasteiger partial charge in [-0.1, -0.05) is 0 Å². The Hall–Kier alpha value is 2.05. The van der Waals surface area contributed by atoms with E-state index in [-0.39, 0.29) is 18.9 Å². The second-order valence-corrected chi connectivity index (χ2v) is 38.7. The van der Waals surface area contributed by atoms with Crippen LogP contribution >= 0.6 is 0 Å². The van der Waals surface area contributed by atoms with Crippen LogP contribution in [0, 0.1) is 0 Å². The van der Waals surface area contributed by atoms with Crippen molar-refractivity contribution in [1.82, 2.24) is 0 Å². The zero-order valence-corrected chi connectivity index (χ0v) is 20.0. The fourth-order valence-corrected chi connectivity index (χ4v) is 56.6. The van der Waals surface area contributed by atoms with Crippen LogP contribution in [0.4, 0.5) is 0 Å². The molecule has 5 heteroatoms. The standard InChI is InChI=1S/3C4H11Si.Li.Sn/c3*1-5(2,3)4;;/h3*1H2,2-4H3;;. The van der Waals surface area contributed by atoms with E-state index < -0.39 is 44.0 Å². The third kappa shape index (κ3) is 16.0. The van der Waals surface area contributed by atoms with Gasteiger partial charge in [0.25, 0.3) is 0 Å². The molecule has 98 valence electrons. The summed E-state index contributed by atoms with van der Waals surface area (Å²) in [4.78, 5) is 0. The summed E-state index contributed by atoms with van der Waals surface area (Å²) >= 11 is -1.04. The van der Waals surface area contributed by atoms with Gasteiger partial charge < -0.3 is 0 Å². The van der Waals surface area contributed by atoms with Crippen LogP contribution < -0.4 is 0 Å². The van der Waals surface area contributed by atoms with Crippen LogP contribution in [0.3, 0.4) is 0 Å². The first-order chi connectivity index (χ1) is 6.79. The van der Waals surface area contributed by atoms with E-state index in [1.165, 1.54) is 0 Å². The van der Waals surface area contributed by atoms with Crippen LogP contribution in [-0.2, 0) is 0 Å². The molecule has 0 unspecified atom stereocenters. The zero-order valence-electron chi connectivity index (χ0n) is 14.1. The molecule has 0 nitrogen and oxygen atoms in total. The largest absolute Gasteiger partial charge is 0 e. The van der Waals surface area contributed by atoms with Crippen molar-refractivity contribution in [2.75, 3.05) is 0 Å². The Bertz CT molecular complexity index is 175. The maximum atomic E-state index is 2.59. The van der Waals surface area contributed by atoms with Crippen LogP contribution in [0.15, 0.2) is 0 Å². The fraction of sp³-hybridized carbons (Fsp3) is 1.00.